The third-order valence-electron chi connectivity index (χ3n) is 2.38. The van der Waals surface area contributed by atoms with Crippen molar-refractivity contribution in [1.82, 2.24) is 0 Å². The zero-order valence-corrected chi connectivity index (χ0v) is 10.6. The molecule has 0 fully saturated rings. The molecule has 1 aromatic carbocycles. The lowest BCUT2D eigenvalue weighted by molar-refractivity contribution is -0.134. The smallest absolute Gasteiger partial charge is 0.311 e. The number of carbonyl (C=O) groups excluding carboxylic acids is 1. The highest BCUT2D eigenvalue weighted by Gasteiger charge is 2.04. The second kappa shape index (κ2) is 7.85. The Bertz CT molecular complexity index is 330. The quantitative estimate of drug-likeness (QED) is 0.414. The van der Waals surface area contributed by atoms with E-state index in [0.29, 0.717) is 18.8 Å². The van der Waals surface area contributed by atoms with Gasteiger partial charge in [-0.15, -0.1) is 0 Å². The summed E-state index contributed by atoms with van der Waals surface area (Å²) in [6.45, 7) is 5.41. The van der Waals surface area contributed by atoms with E-state index < -0.39 is 0 Å². The maximum atomic E-state index is 11.5. The first-order chi connectivity index (χ1) is 8.22. The van der Waals surface area contributed by atoms with Crippen molar-refractivity contribution in [2.75, 3.05) is 13.2 Å². The zero-order valence-electron chi connectivity index (χ0n) is 10.6. The van der Waals surface area contributed by atoms with E-state index in [2.05, 4.69) is 0 Å². The summed E-state index contributed by atoms with van der Waals surface area (Å²) in [5.74, 6) is 0.441. The van der Waals surface area contributed by atoms with Gasteiger partial charge in [-0.3, -0.25) is 4.79 Å². The van der Waals surface area contributed by atoms with Crippen LogP contribution in [0.5, 0.6) is 5.75 Å². The molecule has 0 spiro atoms. The standard InChI is InChI=1S/C14H20O3/c1-3-16-11-5-4-6-14(15)17-13-9-7-12(2)8-10-13/h7-10H,3-6,11H2,1-2H3. The number of hydrogen-bond acceptors (Lipinski definition) is 3. The molecule has 0 saturated carbocycles. The molecule has 0 atom stereocenters. The van der Waals surface area contributed by atoms with E-state index in [9.17, 15) is 4.79 Å². The van der Waals surface area contributed by atoms with E-state index in [4.69, 9.17) is 9.47 Å². The third kappa shape index (κ3) is 6.07. The minimum atomic E-state index is -0.176. The van der Waals surface area contributed by atoms with Crippen LogP contribution < -0.4 is 4.74 Å². The van der Waals surface area contributed by atoms with Gasteiger partial charge in [0.1, 0.15) is 5.75 Å². The molecular weight excluding hydrogens is 216 g/mol. The topological polar surface area (TPSA) is 35.5 Å². The average molecular weight is 236 g/mol. The van der Waals surface area contributed by atoms with Gasteiger partial charge in [0.25, 0.3) is 0 Å². The van der Waals surface area contributed by atoms with Gasteiger partial charge in [-0.05, 0) is 38.8 Å². The SMILES string of the molecule is CCOCCCCC(=O)Oc1ccc(C)cc1. The fourth-order valence-corrected chi connectivity index (χ4v) is 1.41. The van der Waals surface area contributed by atoms with Crippen LogP contribution in [0.25, 0.3) is 0 Å². The highest BCUT2D eigenvalue weighted by molar-refractivity contribution is 5.72. The number of esters is 1. The first-order valence-corrected chi connectivity index (χ1v) is 6.07. The molecule has 3 heteroatoms. The van der Waals surface area contributed by atoms with Crippen LogP contribution >= 0.6 is 0 Å². The molecule has 0 aromatic heterocycles. The van der Waals surface area contributed by atoms with Crippen LogP contribution in [-0.2, 0) is 9.53 Å². The minimum Gasteiger partial charge on any atom is -0.427 e. The van der Waals surface area contributed by atoms with Crippen molar-refractivity contribution in [3.05, 3.63) is 29.8 Å². The Morgan fingerprint density at radius 2 is 1.88 bits per heavy atom. The summed E-state index contributed by atoms with van der Waals surface area (Å²) >= 11 is 0. The van der Waals surface area contributed by atoms with Gasteiger partial charge in [0.05, 0.1) is 0 Å². The van der Waals surface area contributed by atoms with Gasteiger partial charge in [-0.1, -0.05) is 17.7 Å². The van der Waals surface area contributed by atoms with E-state index in [1.807, 2.05) is 38.1 Å². The lowest BCUT2D eigenvalue weighted by Gasteiger charge is -2.04. The molecule has 0 aliphatic heterocycles. The molecule has 1 rings (SSSR count). The van der Waals surface area contributed by atoms with Gasteiger partial charge < -0.3 is 9.47 Å². The largest absolute Gasteiger partial charge is 0.427 e. The van der Waals surface area contributed by atoms with Crippen molar-refractivity contribution < 1.29 is 14.3 Å². The predicted molar refractivity (Wildman–Crippen MR) is 67.2 cm³/mol. The highest BCUT2D eigenvalue weighted by atomic mass is 16.5. The van der Waals surface area contributed by atoms with Crippen molar-refractivity contribution in [2.24, 2.45) is 0 Å². The maximum absolute atomic E-state index is 11.5. The molecular formula is C14H20O3. The zero-order chi connectivity index (χ0) is 12.5. The van der Waals surface area contributed by atoms with E-state index >= 15 is 0 Å². The molecule has 17 heavy (non-hydrogen) atoms. The fraction of sp³-hybridized carbons (Fsp3) is 0.500. The summed E-state index contributed by atoms with van der Waals surface area (Å²) in [5, 5.41) is 0. The molecule has 0 radical (unpaired) electrons. The molecule has 0 bridgehead atoms. The van der Waals surface area contributed by atoms with Gasteiger partial charge in [-0.2, -0.15) is 0 Å². The molecule has 3 nitrogen and oxygen atoms in total. The number of carbonyl (C=O) groups is 1. The fourth-order valence-electron chi connectivity index (χ4n) is 1.41. The van der Waals surface area contributed by atoms with Crippen LogP contribution in [0.15, 0.2) is 24.3 Å². The predicted octanol–water partition coefficient (Wildman–Crippen LogP) is 3.11. The molecule has 0 unspecified atom stereocenters. The number of ether oxygens (including phenoxy) is 2. The van der Waals surface area contributed by atoms with Gasteiger partial charge >= 0.3 is 5.97 Å². The Balaban J connectivity index is 2.18. The molecule has 0 saturated heterocycles. The number of aryl methyl sites for hydroxylation is 1. The normalized spacial score (nSPS) is 10.2. The Kier molecular flexibility index (Phi) is 6.33. The average Bonchev–Trinajstić information content (AvgIpc) is 2.32. The van der Waals surface area contributed by atoms with Crippen LogP contribution in [-0.4, -0.2) is 19.2 Å². The molecule has 0 aliphatic rings. The van der Waals surface area contributed by atoms with Crippen molar-refractivity contribution in [1.29, 1.82) is 0 Å². The number of hydrogen-bond donors (Lipinski definition) is 0. The number of benzene rings is 1. The van der Waals surface area contributed by atoms with Gasteiger partial charge in [0, 0.05) is 19.6 Å². The highest BCUT2D eigenvalue weighted by Crippen LogP contribution is 2.12. The summed E-state index contributed by atoms with van der Waals surface area (Å²) in [6.07, 6.45) is 2.16. The summed E-state index contributed by atoms with van der Waals surface area (Å²) in [5.41, 5.74) is 1.15. The molecule has 0 heterocycles. The first kappa shape index (κ1) is 13.7. The number of rotatable bonds is 7. The van der Waals surface area contributed by atoms with Crippen molar-refractivity contribution in [3.8, 4) is 5.75 Å². The molecule has 1 aromatic rings. The Hall–Kier alpha value is -1.35. The van der Waals surface area contributed by atoms with E-state index in [-0.39, 0.29) is 5.97 Å². The Morgan fingerprint density at radius 1 is 1.18 bits per heavy atom. The van der Waals surface area contributed by atoms with E-state index in [0.717, 1.165) is 25.0 Å². The van der Waals surface area contributed by atoms with Gasteiger partial charge in [-0.25, -0.2) is 0 Å². The van der Waals surface area contributed by atoms with Gasteiger partial charge in [0.2, 0.25) is 0 Å². The summed E-state index contributed by atoms with van der Waals surface area (Å²) in [4.78, 5) is 11.5. The van der Waals surface area contributed by atoms with E-state index in [1.54, 1.807) is 0 Å². The summed E-state index contributed by atoms with van der Waals surface area (Å²) in [6, 6.07) is 7.48. The van der Waals surface area contributed by atoms with Crippen molar-refractivity contribution >= 4 is 5.97 Å². The van der Waals surface area contributed by atoms with Crippen LogP contribution in [0.4, 0.5) is 0 Å². The molecule has 0 N–H and O–H groups in total. The van der Waals surface area contributed by atoms with Crippen molar-refractivity contribution in [2.45, 2.75) is 33.1 Å². The second-order valence-corrected chi connectivity index (χ2v) is 3.94. The number of unbranched alkanes of at least 4 members (excludes halogenated alkanes) is 1. The summed E-state index contributed by atoms with van der Waals surface area (Å²) < 4.78 is 10.4. The lowest BCUT2D eigenvalue weighted by Crippen LogP contribution is -2.08. The Morgan fingerprint density at radius 3 is 2.53 bits per heavy atom. The van der Waals surface area contributed by atoms with Gasteiger partial charge in [0.15, 0.2) is 0 Å². The van der Waals surface area contributed by atoms with Crippen LogP contribution in [0.1, 0.15) is 31.7 Å². The van der Waals surface area contributed by atoms with Crippen molar-refractivity contribution in [3.63, 3.8) is 0 Å². The second-order valence-electron chi connectivity index (χ2n) is 3.94. The van der Waals surface area contributed by atoms with Crippen LogP contribution in [0, 0.1) is 6.92 Å². The Labute approximate surface area is 103 Å². The summed E-state index contributed by atoms with van der Waals surface area (Å²) in [7, 11) is 0. The minimum absolute atomic E-state index is 0.176. The van der Waals surface area contributed by atoms with Crippen LogP contribution in [0.3, 0.4) is 0 Å². The lowest BCUT2D eigenvalue weighted by atomic mass is 10.2. The first-order valence-electron chi connectivity index (χ1n) is 6.07. The molecule has 0 amide bonds. The maximum Gasteiger partial charge on any atom is 0.311 e. The molecule has 94 valence electrons. The third-order valence-corrected chi connectivity index (χ3v) is 2.38. The van der Waals surface area contributed by atoms with E-state index in [1.165, 1.54) is 0 Å². The van der Waals surface area contributed by atoms with Crippen LogP contribution in [0.2, 0.25) is 0 Å². The molecule has 0 aliphatic carbocycles. The monoisotopic (exact) mass is 236 g/mol.